The number of ether oxygens (including phenoxy) is 1. The molecule has 0 aromatic rings. The van der Waals surface area contributed by atoms with Gasteiger partial charge in [-0.3, -0.25) is 0 Å². The highest BCUT2D eigenvalue weighted by Crippen LogP contribution is 2.12. The maximum absolute atomic E-state index is 5.73. The summed E-state index contributed by atoms with van der Waals surface area (Å²) < 4.78 is 5.73. The third-order valence-electron chi connectivity index (χ3n) is 5.09. The van der Waals surface area contributed by atoms with Gasteiger partial charge in [0.1, 0.15) is 0 Å². The van der Waals surface area contributed by atoms with E-state index in [1.807, 2.05) is 0 Å². The first kappa shape index (κ1) is 23.9. The molecule has 0 atom stereocenters. The quantitative estimate of drug-likeness (QED) is 0.225. The van der Waals surface area contributed by atoms with Crippen LogP contribution in [0.1, 0.15) is 111 Å². The van der Waals surface area contributed by atoms with Crippen LogP contribution >= 0.6 is 0 Å². The first-order valence-electron chi connectivity index (χ1n) is 11.1. The van der Waals surface area contributed by atoms with Crippen molar-refractivity contribution < 1.29 is 4.74 Å². The van der Waals surface area contributed by atoms with Gasteiger partial charge in [-0.1, -0.05) is 104 Å². The molecule has 0 saturated carbocycles. The van der Waals surface area contributed by atoms with Gasteiger partial charge in [0.15, 0.2) is 0 Å². The molecule has 0 aliphatic rings. The first-order valence-corrected chi connectivity index (χ1v) is 11.1. The van der Waals surface area contributed by atoms with Crippen molar-refractivity contribution in [2.75, 3.05) is 32.8 Å². The van der Waals surface area contributed by atoms with Crippen molar-refractivity contribution in [3.05, 3.63) is 0 Å². The number of hydrogen-bond acceptors (Lipinski definition) is 2. The van der Waals surface area contributed by atoms with Gasteiger partial charge in [-0.15, -0.1) is 0 Å². The van der Waals surface area contributed by atoms with E-state index >= 15 is 0 Å². The average molecular weight is 342 g/mol. The van der Waals surface area contributed by atoms with E-state index in [1.165, 1.54) is 89.9 Å². The van der Waals surface area contributed by atoms with Gasteiger partial charge in [0.25, 0.3) is 0 Å². The van der Waals surface area contributed by atoms with Gasteiger partial charge >= 0.3 is 0 Å². The highest BCUT2D eigenvalue weighted by Gasteiger charge is 1.98. The maximum Gasteiger partial charge on any atom is 0.0593 e. The van der Waals surface area contributed by atoms with E-state index in [0.29, 0.717) is 0 Å². The molecule has 24 heavy (non-hydrogen) atoms. The minimum absolute atomic E-state index is 0.903. The van der Waals surface area contributed by atoms with Gasteiger partial charge in [-0.25, -0.2) is 0 Å². The monoisotopic (exact) mass is 341 g/mol. The second kappa shape index (κ2) is 21.0. The summed E-state index contributed by atoms with van der Waals surface area (Å²) in [5.74, 6) is 0. The smallest absolute Gasteiger partial charge is 0.0593 e. The van der Waals surface area contributed by atoms with E-state index < -0.39 is 0 Å². The molecular formula is C22H47NO. The van der Waals surface area contributed by atoms with Gasteiger partial charge in [0.05, 0.1) is 6.61 Å². The summed E-state index contributed by atoms with van der Waals surface area (Å²) in [6, 6.07) is 0. The summed E-state index contributed by atoms with van der Waals surface area (Å²) in [6.07, 6.45) is 19.9. The van der Waals surface area contributed by atoms with E-state index in [1.54, 1.807) is 0 Å². The molecule has 0 aromatic heterocycles. The van der Waals surface area contributed by atoms with Crippen molar-refractivity contribution in [1.29, 1.82) is 0 Å². The van der Waals surface area contributed by atoms with Gasteiger partial charge in [-0.2, -0.15) is 0 Å². The predicted octanol–water partition coefficient (Wildman–Crippen LogP) is 6.83. The van der Waals surface area contributed by atoms with Crippen LogP contribution in [-0.4, -0.2) is 37.7 Å². The lowest BCUT2D eigenvalue weighted by atomic mass is 10.0. The normalized spacial score (nSPS) is 11.5. The average Bonchev–Trinajstić information content (AvgIpc) is 2.61. The van der Waals surface area contributed by atoms with Gasteiger partial charge in [0, 0.05) is 13.2 Å². The van der Waals surface area contributed by atoms with Crippen LogP contribution in [0.4, 0.5) is 0 Å². The summed E-state index contributed by atoms with van der Waals surface area (Å²) in [7, 11) is 0. The molecule has 0 N–H and O–H groups in total. The van der Waals surface area contributed by atoms with Crippen molar-refractivity contribution in [2.24, 2.45) is 0 Å². The molecule has 0 fully saturated rings. The lowest BCUT2D eigenvalue weighted by Crippen LogP contribution is -2.27. The molecule has 0 aliphatic heterocycles. The van der Waals surface area contributed by atoms with E-state index in [-0.39, 0.29) is 0 Å². The van der Waals surface area contributed by atoms with E-state index in [2.05, 4.69) is 25.7 Å². The fraction of sp³-hybridized carbons (Fsp3) is 1.00. The van der Waals surface area contributed by atoms with Crippen LogP contribution in [0.25, 0.3) is 0 Å². The molecule has 0 spiro atoms. The van der Waals surface area contributed by atoms with Crippen LogP contribution in [-0.2, 0) is 4.74 Å². The van der Waals surface area contributed by atoms with Crippen molar-refractivity contribution in [2.45, 2.75) is 111 Å². The van der Waals surface area contributed by atoms with E-state index in [4.69, 9.17) is 4.74 Å². The Kier molecular flexibility index (Phi) is 20.9. The lowest BCUT2D eigenvalue weighted by molar-refractivity contribution is 0.104. The zero-order chi connectivity index (χ0) is 17.7. The Morgan fingerprint density at radius 1 is 0.500 bits per heavy atom. The minimum atomic E-state index is 0.903. The molecule has 0 bridgehead atoms. The van der Waals surface area contributed by atoms with Crippen LogP contribution in [0.15, 0.2) is 0 Å². The molecule has 0 heterocycles. The molecule has 146 valence electrons. The van der Waals surface area contributed by atoms with Gasteiger partial charge in [0.2, 0.25) is 0 Å². The first-order chi connectivity index (χ1) is 11.8. The van der Waals surface area contributed by atoms with Crippen LogP contribution in [0, 0.1) is 0 Å². The number of hydrogen-bond donors (Lipinski definition) is 0. The Morgan fingerprint density at radius 2 is 0.917 bits per heavy atom. The summed E-state index contributed by atoms with van der Waals surface area (Å²) in [5.41, 5.74) is 0. The van der Waals surface area contributed by atoms with Crippen LogP contribution < -0.4 is 0 Å². The Labute approximate surface area is 153 Å². The second-order valence-corrected chi connectivity index (χ2v) is 7.24. The molecular weight excluding hydrogens is 294 g/mol. The van der Waals surface area contributed by atoms with Gasteiger partial charge < -0.3 is 9.64 Å². The van der Waals surface area contributed by atoms with Crippen molar-refractivity contribution in [3.8, 4) is 0 Å². The minimum Gasteiger partial charge on any atom is -0.380 e. The SMILES string of the molecule is CCCCCCCCCCCCCCCCOCCN(CC)CC. The van der Waals surface area contributed by atoms with E-state index in [9.17, 15) is 0 Å². The molecule has 0 radical (unpaired) electrons. The Balaban J connectivity index is 3.03. The zero-order valence-electron chi connectivity index (χ0n) is 17.3. The Hall–Kier alpha value is -0.0800. The Morgan fingerprint density at radius 3 is 1.33 bits per heavy atom. The lowest BCUT2D eigenvalue weighted by Gasteiger charge is -2.17. The third-order valence-corrected chi connectivity index (χ3v) is 5.09. The van der Waals surface area contributed by atoms with Crippen LogP contribution in [0.5, 0.6) is 0 Å². The van der Waals surface area contributed by atoms with E-state index in [0.717, 1.165) is 32.8 Å². The van der Waals surface area contributed by atoms with Gasteiger partial charge in [-0.05, 0) is 19.5 Å². The fourth-order valence-electron chi connectivity index (χ4n) is 3.23. The molecule has 0 rings (SSSR count). The van der Waals surface area contributed by atoms with Crippen molar-refractivity contribution in [1.82, 2.24) is 4.90 Å². The Bertz CT molecular complexity index is 216. The highest BCUT2D eigenvalue weighted by molar-refractivity contribution is 4.51. The molecule has 0 aromatic carbocycles. The topological polar surface area (TPSA) is 12.5 Å². The standard InChI is InChI=1S/C22H47NO/c1-4-7-8-9-10-11-12-13-14-15-16-17-18-19-21-24-22-20-23(5-2)6-3/h4-22H2,1-3H3. The molecule has 0 unspecified atom stereocenters. The molecule has 2 nitrogen and oxygen atoms in total. The van der Waals surface area contributed by atoms with Crippen molar-refractivity contribution >= 4 is 0 Å². The summed E-state index contributed by atoms with van der Waals surface area (Å²) >= 11 is 0. The maximum atomic E-state index is 5.73. The summed E-state index contributed by atoms with van der Waals surface area (Å²) in [6.45, 7) is 12.0. The zero-order valence-corrected chi connectivity index (χ0v) is 17.3. The van der Waals surface area contributed by atoms with Crippen LogP contribution in [0.2, 0.25) is 0 Å². The highest BCUT2D eigenvalue weighted by atomic mass is 16.5. The predicted molar refractivity (Wildman–Crippen MR) is 109 cm³/mol. The fourth-order valence-corrected chi connectivity index (χ4v) is 3.23. The molecule has 0 aliphatic carbocycles. The number of likely N-dealkylation sites (N-methyl/N-ethyl adjacent to an activating group) is 1. The molecule has 0 saturated heterocycles. The number of unbranched alkanes of at least 4 members (excludes halogenated alkanes) is 13. The largest absolute Gasteiger partial charge is 0.380 e. The van der Waals surface area contributed by atoms with Crippen molar-refractivity contribution in [3.63, 3.8) is 0 Å². The molecule has 0 amide bonds. The summed E-state index contributed by atoms with van der Waals surface area (Å²) in [5, 5.41) is 0. The number of rotatable bonds is 20. The summed E-state index contributed by atoms with van der Waals surface area (Å²) in [4.78, 5) is 2.42. The van der Waals surface area contributed by atoms with Crippen LogP contribution in [0.3, 0.4) is 0 Å². The molecule has 2 heteroatoms. The third kappa shape index (κ3) is 18.3. The second-order valence-electron chi connectivity index (χ2n) is 7.24. The number of nitrogens with zero attached hydrogens (tertiary/aromatic N) is 1.